The van der Waals surface area contributed by atoms with E-state index in [0.717, 1.165) is 19.1 Å². The van der Waals surface area contributed by atoms with Crippen LogP contribution in [0, 0.1) is 0 Å². The number of hydrogen-bond acceptors (Lipinski definition) is 3. The molecule has 3 nitrogen and oxygen atoms in total. The molecule has 1 saturated heterocycles. The van der Waals surface area contributed by atoms with E-state index in [-0.39, 0.29) is 0 Å². The standard InChI is InChI=1S/C16H27N3/c1-2-3-4-5-10-18-15-8-13-19(14-9-15)16-6-11-17-12-7-16/h6-7,11-12,15,18H,2-5,8-10,13-14H2,1H3. The Bertz CT molecular complexity index is 331. The fourth-order valence-corrected chi connectivity index (χ4v) is 2.75. The maximum atomic E-state index is 4.08. The predicted molar refractivity (Wildman–Crippen MR) is 81.6 cm³/mol. The molecule has 1 fully saturated rings. The molecule has 0 unspecified atom stereocenters. The number of nitrogens with one attached hydrogen (secondary N) is 1. The third-order valence-corrected chi connectivity index (χ3v) is 3.99. The summed E-state index contributed by atoms with van der Waals surface area (Å²) in [6.45, 7) is 5.79. The third kappa shape index (κ3) is 4.83. The molecular formula is C16H27N3. The molecule has 1 aromatic rings. The van der Waals surface area contributed by atoms with E-state index < -0.39 is 0 Å². The molecule has 0 saturated carbocycles. The minimum Gasteiger partial charge on any atom is -0.371 e. The zero-order chi connectivity index (χ0) is 13.3. The summed E-state index contributed by atoms with van der Waals surface area (Å²) in [5.74, 6) is 0. The predicted octanol–water partition coefficient (Wildman–Crippen LogP) is 3.22. The molecule has 106 valence electrons. The smallest absolute Gasteiger partial charge is 0.0397 e. The van der Waals surface area contributed by atoms with Crippen LogP contribution in [0.3, 0.4) is 0 Å². The first kappa shape index (κ1) is 14.3. The molecule has 0 amide bonds. The number of hydrogen-bond donors (Lipinski definition) is 1. The Balaban J connectivity index is 1.63. The maximum absolute atomic E-state index is 4.08. The molecule has 2 heterocycles. The average molecular weight is 261 g/mol. The van der Waals surface area contributed by atoms with Gasteiger partial charge >= 0.3 is 0 Å². The molecule has 0 aromatic carbocycles. The largest absolute Gasteiger partial charge is 0.371 e. The van der Waals surface area contributed by atoms with E-state index >= 15 is 0 Å². The van der Waals surface area contributed by atoms with Crippen molar-refractivity contribution in [2.75, 3.05) is 24.5 Å². The van der Waals surface area contributed by atoms with Crippen LogP contribution in [0.25, 0.3) is 0 Å². The maximum Gasteiger partial charge on any atom is 0.0397 e. The Morgan fingerprint density at radius 3 is 2.58 bits per heavy atom. The number of piperidine rings is 1. The molecule has 2 rings (SSSR count). The highest BCUT2D eigenvalue weighted by atomic mass is 15.1. The Hall–Kier alpha value is -1.09. The first-order valence-corrected chi connectivity index (χ1v) is 7.78. The summed E-state index contributed by atoms with van der Waals surface area (Å²) in [5.41, 5.74) is 1.32. The lowest BCUT2D eigenvalue weighted by molar-refractivity contribution is 0.409. The van der Waals surface area contributed by atoms with Gasteiger partial charge in [-0.1, -0.05) is 26.2 Å². The number of pyridine rings is 1. The minimum atomic E-state index is 0.722. The topological polar surface area (TPSA) is 28.2 Å². The summed E-state index contributed by atoms with van der Waals surface area (Å²) in [6, 6.07) is 4.94. The van der Waals surface area contributed by atoms with Crippen molar-refractivity contribution < 1.29 is 0 Å². The van der Waals surface area contributed by atoms with E-state index in [9.17, 15) is 0 Å². The Kier molecular flexibility index (Phi) is 6.15. The van der Waals surface area contributed by atoms with Gasteiger partial charge in [0.15, 0.2) is 0 Å². The Labute approximate surface area is 117 Å². The van der Waals surface area contributed by atoms with E-state index in [1.807, 2.05) is 12.4 Å². The molecular weight excluding hydrogens is 234 g/mol. The van der Waals surface area contributed by atoms with Crippen LogP contribution in [0.5, 0.6) is 0 Å². The summed E-state index contributed by atoms with van der Waals surface area (Å²) >= 11 is 0. The van der Waals surface area contributed by atoms with Gasteiger partial charge in [-0.25, -0.2) is 0 Å². The van der Waals surface area contributed by atoms with Crippen LogP contribution in [-0.4, -0.2) is 30.7 Å². The zero-order valence-electron chi connectivity index (χ0n) is 12.1. The number of nitrogens with zero attached hydrogens (tertiary/aromatic N) is 2. The molecule has 0 bridgehead atoms. The van der Waals surface area contributed by atoms with E-state index in [4.69, 9.17) is 0 Å². The summed E-state index contributed by atoms with van der Waals surface area (Å²) in [4.78, 5) is 6.55. The van der Waals surface area contributed by atoms with Crippen molar-refractivity contribution in [2.45, 2.75) is 51.5 Å². The second-order valence-electron chi connectivity index (χ2n) is 5.48. The van der Waals surface area contributed by atoms with Gasteiger partial charge in [-0.05, 0) is 37.9 Å². The van der Waals surface area contributed by atoms with Crippen LogP contribution >= 0.6 is 0 Å². The zero-order valence-corrected chi connectivity index (χ0v) is 12.1. The van der Waals surface area contributed by atoms with Gasteiger partial charge in [-0.3, -0.25) is 4.98 Å². The summed E-state index contributed by atoms with van der Waals surface area (Å²) in [6.07, 6.45) is 11.7. The molecule has 0 aliphatic carbocycles. The van der Waals surface area contributed by atoms with Crippen LogP contribution in [0.2, 0.25) is 0 Å². The lowest BCUT2D eigenvalue weighted by atomic mass is 10.0. The number of unbranched alkanes of at least 4 members (excludes halogenated alkanes) is 3. The molecule has 1 N–H and O–H groups in total. The quantitative estimate of drug-likeness (QED) is 0.764. The highest BCUT2D eigenvalue weighted by Gasteiger charge is 2.18. The lowest BCUT2D eigenvalue weighted by Gasteiger charge is -2.34. The molecule has 19 heavy (non-hydrogen) atoms. The summed E-state index contributed by atoms with van der Waals surface area (Å²) in [7, 11) is 0. The highest BCUT2D eigenvalue weighted by Crippen LogP contribution is 2.18. The van der Waals surface area contributed by atoms with Crippen molar-refractivity contribution in [3.8, 4) is 0 Å². The summed E-state index contributed by atoms with van der Waals surface area (Å²) < 4.78 is 0. The molecule has 0 radical (unpaired) electrons. The van der Waals surface area contributed by atoms with Gasteiger partial charge < -0.3 is 10.2 Å². The molecule has 0 atom stereocenters. The molecule has 1 aromatic heterocycles. The third-order valence-electron chi connectivity index (χ3n) is 3.99. The summed E-state index contributed by atoms with van der Waals surface area (Å²) in [5, 5.41) is 3.71. The number of anilines is 1. The first-order valence-electron chi connectivity index (χ1n) is 7.78. The van der Waals surface area contributed by atoms with Crippen LogP contribution < -0.4 is 10.2 Å². The molecule has 3 heteroatoms. The van der Waals surface area contributed by atoms with E-state index in [1.54, 1.807) is 0 Å². The highest BCUT2D eigenvalue weighted by molar-refractivity contribution is 5.44. The van der Waals surface area contributed by atoms with Crippen molar-refractivity contribution in [1.29, 1.82) is 0 Å². The van der Waals surface area contributed by atoms with E-state index in [0.29, 0.717) is 0 Å². The van der Waals surface area contributed by atoms with Crippen LogP contribution in [0.15, 0.2) is 24.5 Å². The second kappa shape index (κ2) is 8.16. The average Bonchev–Trinajstić information content (AvgIpc) is 2.49. The van der Waals surface area contributed by atoms with Crippen molar-refractivity contribution in [1.82, 2.24) is 10.3 Å². The van der Waals surface area contributed by atoms with Crippen molar-refractivity contribution >= 4 is 5.69 Å². The van der Waals surface area contributed by atoms with Crippen LogP contribution in [0.1, 0.15) is 45.4 Å². The Morgan fingerprint density at radius 1 is 1.16 bits per heavy atom. The Morgan fingerprint density at radius 2 is 1.89 bits per heavy atom. The van der Waals surface area contributed by atoms with Crippen molar-refractivity contribution in [2.24, 2.45) is 0 Å². The first-order chi connectivity index (χ1) is 9.40. The monoisotopic (exact) mass is 261 g/mol. The fraction of sp³-hybridized carbons (Fsp3) is 0.688. The van der Waals surface area contributed by atoms with Crippen molar-refractivity contribution in [3.05, 3.63) is 24.5 Å². The minimum absolute atomic E-state index is 0.722. The second-order valence-corrected chi connectivity index (χ2v) is 5.48. The number of aromatic nitrogens is 1. The molecule has 0 spiro atoms. The van der Waals surface area contributed by atoms with Gasteiger partial charge in [0, 0.05) is 37.2 Å². The van der Waals surface area contributed by atoms with Gasteiger partial charge in [0.05, 0.1) is 0 Å². The molecule has 1 aliphatic heterocycles. The van der Waals surface area contributed by atoms with Gasteiger partial charge in [0.1, 0.15) is 0 Å². The lowest BCUT2D eigenvalue weighted by Crippen LogP contribution is -2.42. The normalized spacial score (nSPS) is 16.8. The van der Waals surface area contributed by atoms with Crippen molar-refractivity contribution in [3.63, 3.8) is 0 Å². The fourth-order valence-electron chi connectivity index (χ4n) is 2.75. The van der Waals surface area contributed by atoms with Gasteiger partial charge in [0.25, 0.3) is 0 Å². The van der Waals surface area contributed by atoms with E-state index in [2.05, 4.69) is 34.3 Å². The van der Waals surface area contributed by atoms with Gasteiger partial charge in [-0.2, -0.15) is 0 Å². The van der Waals surface area contributed by atoms with Crippen LogP contribution in [-0.2, 0) is 0 Å². The molecule has 1 aliphatic rings. The SMILES string of the molecule is CCCCCCNC1CCN(c2ccncc2)CC1. The van der Waals surface area contributed by atoms with E-state index in [1.165, 1.54) is 50.8 Å². The number of rotatable bonds is 7. The van der Waals surface area contributed by atoms with Crippen LogP contribution in [0.4, 0.5) is 5.69 Å². The van der Waals surface area contributed by atoms with Gasteiger partial charge in [-0.15, -0.1) is 0 Å². The van der Waals surface area contributed by atoms with Gasteiger partial charge in [0.2, 0.25) is 0 Å².